The third-order valence-corrected chi connectivity index (χ3v) is 6.15. The molecule has 2 saturated heterocycles. The Morgan fingerprint density at radius 2 is 1.81 bits per heavy atom. The van der Waals surface area contributed by atoms with Crippen LogP contribution in [0.5, 0.6) is 0 Å². The summed E-state index contributed by atoms with van der Waals surface area (Å²) in [7, 11) is 3.39. The number of amides is 2. The highest BCUT2D eigenvalue weighted by Gasteiger charge is 2.37. The zero-order chi connectivity index (χ0) is 19.2. The maximum atomic E-state index is 12.6. The van der Waals surface area contributed by atoms with Gasteiger partial charge in [-0.15, -0.1) is 0 Å². The zero-order valence-corrected chi connectivity index (χ0v) is 16.9. The van der Waals surface area contributed by atoms with Crippen LogP contribution in [-0.4, -0.2) is 98.8 Å². The Balaban J connectivity index is 1.61. The molecule has 7 heteroatoms. The lowest BCUT2D eigenvalue weighted by molar-refractivity contribution is -0.135. The number of hydrogen-bond acceptors (Lipinski definition) is 5. The van der Waals surface area contributed by atoms with Crippen molar-refractivity contribution < 1.29 is 19.1 Å². The lowest BCUT2D eigenvalue weighted by Gasteiger charge is -2.44. The number of rotatable bonds is 8. The van der Waals surface area contributed by atoms with Gasteiger partial charge in [-0.1, -0.05) is 0 Å². The van der Waals surface area contributed by atoms with Crippen molar-refractivity contribution in [3.05, 3.63) is 0 Å². The molecule has 2 heterocycles. The van der Waals surface area contributed by atoms with E-state index in [0.717, 1.165) is 71.4 Å². The summed E-state index contributed by atoms with van der Waals surface area (Å²) in [6, 6.07) is 0.862. The summed E-state index contributed by atoms with van der Waals surface area (Å²) < 4.78 is 10.5. The van der Waals surface area contributed by atoms with E-state index in [1.807, 2.05) is 7.05 Å². The van der Waals surface area contributed by atoms with E-state index < -0.39 is 0 Å². The molecule has 0 radical (unpaired) electrons. The predicted molar refractivity (Wildman–Crippen MR) is 102 cm³/mol. The van der Waals surface area contributed by atoms with Crippen molar-refractivity contribution in [3.8, 4) is 0 Å². The third kappa shape index (κ3) is 5.65. The maximum Gasteiger partial charge on any atom is 0.248 e. The van der Waals surface area contributed by atoms with Gasteiger partial charge in [-0.3, -0.25) is 14.5 Å². The molecule has 0 aromatic carbocycles. The van der Waals surface area contributed by atoms with E-state index in [1.54, 1.807) is 12.0 Å². The Bertz CT molecular complexity index is 505. The second kappa shape index (κ2) is 9.85. The first kappa shape index (κ1) is 20.6. The number of ether oxygens (including phenoxy) is 2. The quantitative estimate of drug-likeness (QED) is 0.627. The van der Waals surface area contributed by atoms with Crippen molar-refractivity contribution in [1.82, 2.24) is 14.7 Å². The van der Waals surface area contributed by atoms with Gasteiger partial charge in [0.1, 0.15) is 6.61 Å². The number of piperidine rings is 1. The molecule has 1 unspecified atom stereocenters. The molecular formula is C20H35N3O4. The second-order valence-electron chi connectivity index (χ2n) is 8.18. The average Bonchev–Trinajstić information content (AvgIpc) is 3.54. The Hall–Kier alpha value is -1.18. The third-order valence-electron chi connectivity index (χ3n) is 6.15. The smallest absolute Gasteiger partial charge is 0.248 e. The first-order chi connectivity index (χ1) is 13.1. The number of carbonyl (C=O) groups excluding carboxylic acids is 2. The molecule has 0 N–H and O–H groups in total. The molecule has 2 aliphatic heterocycles. The first-order valence-corrected chi connectivity index (χ1v) is 10.4. The molecule has 1 atom stereocenters. The summed E-state index contributed by atoms with van der Waals surface area (Å²) in [4.78, 5) is 31.0. The summed E-state index contributed by atoms with van der Waals surface area (Å²) in [5.41, 5.74) is 0. The van der Waals surface area contributed by atoms with Crippen molar-refractivity contribution in [2.45, 2.75) is 50.6 Å². The fourth-order valence-electron chi connectivity index (χ4n) is 4.32. The molecule has 27 heavy (non-hydrogen) atoms. The van der Waals surface area contributed by atoms with Gasteiger partial charge in [-0.05, 0) is 38.5 Å². The molecule has 3 rings (SSSR count). The van der Waals surface area contributed by atoms with Crippen LogP contribution >= 0.6 is 0 Å². The molecule has 0 bridgehead atoms. The van der Waals surface area contributed by atoms with Crippen LogP contribution in [0.4, 0.5) is 0 Å². The van der Waals surface area contributed by atoms with Crippen LogP contribution < -0.4 is 0 Å². The standard InChI is InChI=1S/C20H35N3O4/c1-21(19(24)15-26-2)10-11-23(17-7-12-27-13-8-17)18-4-3-9-22(14-18)20(25)16-5-6-16/h16-18H,3-15H2,1-2H3. The largest absolute Gasteiger partial charge is 0.381 e. The van der Waals surface area contributed by atoms with E-state index in [9.17, 15) is 9.59 Å². The summed E-state index contributed by atoms with van der Waals surface area (Å²) in [6.07, 6.45) is 6.39. The van der Waals surface area contributed by atoms with Crippen LogP contribution in [0.25, 0.3) is 0 Å². The van der Waals surface area contributed by atoms with Crippen LogP contribution in [0.1, 0.15) is 38.5 Å². The lowest BCUT2D eigenvalue weighted by Crippen LogP contribution is -2.55. The molecule has 3 aliphatic rings. The number of likely N-dealkylation sites (tertiary alicyclic amines) is 1. The number of hydrogen-bond donors (Lipinski definition) is 0. The number of carbonyl (C=O) groups is 2. The molecule has 0 spiro atoms. The van der Waals surface area contributed by atoms with Gasteiger partial charge in [0.25, 0.3) is 0 Å². The molecular weight excluding hydrogens is 346 g/mol. The van der Waals surface area contributed by atoms with E-state index in [0.29, 0.717) is 24.5 Å². The van der Waals surface area contributed by atoms with Crippen molar-refractivity contribution in [3.63, 3.8) is 0 Å². The van der Waals surface area contributed by atoms with Gasteiger partial charge < -0.3 is 19.3 Å². The fourth-order valence-corrected chi connectivity index (χ4v) is 4.32. The minimum Gasteiger partial charge on any atom is -0.381 e. The van der Waals surface area contributed by atoms with E-state index in [1.165, 1.54) is 0 Å². The summed E-state index contributed by atoms with van der Waals surface area (Å²) in [5, 5.41) is 0. The molecule has 1 saturated carbocycles. The first-order valence-electron chi connectivity index (χ1n) is 10.4. The monoisotopic (exact) mass is 381 g/mol. The number of nitrogens with zero attached hydrogens (tertiary/aromatic N) is 3. The number of methoxy groups -OCH3 is 1. The van der Waals surface area contributed by atoms with Crippen molar-refractivity contribution in [1.29, 1.82) is 0 Å². The molecule has 0 aromatic rings. The SMILES string of the molecule is COCC(=O)N(C)CCN(C1CCOCC1)C1CCCN(C(=O)C2CC2)C1. The van der Waals surface area contributed by atoms with Gasteiger partial charge >= 0.3 is 0 Å². The molecule has 3 fully saturated rings. The highest BCUT2D eigenvalue weighted by Crippen LogP contribution is 2.32. The molecule has 7 nitrogen and oxygen atoms in total. The Morgan fingerprint density at radius 1 is 1.07 bits per heavy atom. The van der Waals surface area contributed by atoms with Gasteiger partial charge in [0, 0.05) is 71.6 Å². The van der Waals surface area contributed by atoms with Crippen LogP contribution in [0.2, 0.25) is 0 Å². The minimum atomic E-state index is 0.0126. The summed E-state index contributed by atoms with van der Waals surface area (Å²) in [6.45, 7) is 5.00. The number of likely N-dealkylation sites (N-methyl/N-ethyl adjacent to an activating group) is 1. The highest BCUT2D eigenvalue weighted by atomic mass is 16.5. The topological polar surface area (TPSA) is 62.3 Å². The van der Waals surface area contributed by atoms with Gasteiger partial charge in [0.15, 0.2) is 0 Å². The van der Waals surface area contributed by atoms with Gasteiger partial charge in [-0.2, -0.15) is 0 Å². The highest BCUT2D eigenvalue weighted by molar-refractivity contribution is 5.81. The van der Waals surface area contributed by atoms with Crippen LogP contribution in [0.3, 0.4) is 0 Å². The summed E-state index contributed by atoms with van der Waals surface area (Å²) in [5.74, 6) is 0.663. The van der Waals surface area contributed by atoms with E-state index in [2.05, 4.69) is 9.80 Å². The Morgan fingerprint density at radius 3 is 2.48 bits per heavy atom. The predicted octanol–water partition coefficient (Wildman–Crippen LogP) is 0.973. The molecule has 0 aromatic heterocycles. The lowest BCUT2D eigenvalue weighted by atomic mass is 9.98. The average molecular weight is 382 g/mol. The normalized spacial score (nSPS) is 24.3. The second-order valence-corrected chi connectivity index (χ2v) is 8.18. The van der Waals surface area contributed by atoms with Crippen LogP contribution in [-0.2, 0) is 19.1 Å². The van der Waals surface area contributed by atoms with Crippen LogP contribution in [0, 0.1) is 5.92 Å². The Kier molecular flexibility index (Phi) is 7.49. The van der Waals surface area contributed by atoms with E-state index in [-0.39, 0.29) is 18.4 Å². The summed E-state index contributed by atoms with van der Waals surface area (Å²) >= 11 is 0. The van der Waals surface area contributed by atoms with E-state index >= 15 is 0 Å². The van der Waals surface area contributed by atoms with Crippen molar-refractivity contribution in [2.75, 3.05) is 60.2 Å². The Labute approximate surface area is 162 Å². The fraction of sp³-hybridized carbons (Fsp3) is 0.900. The zero-order valence-electron chi connectivity index (χ0n) is 16.9. The van der Waals surface area contributed by atoms with E-state index in [4.69, 9.17) is 9.47 Å². The van der Waals surface area contributed by atoms with Crippen molar-refractivity contribution >= 4 is 11.8 Å². The maximum absolute atomic E-state index is 12.6. The molecule has 154 valence electrons. The van der Waals surface area contributed by atoms with Gasteiger partial charge in [-0.25, -0.2) is 0 Å². The molecule has 1 aliphatic carbocycles. The minimum absolute atomic E-state index is 0.0126. The van der Waals surface area contributed by atoms with Crippen molar-refractivity contribution in [2.24, 2.45) is 5.92 Å². The molecule has 2 amide bonds. The van der Waals surface area contributed by atoms with Gasteiger partial charge in [0.2, 0.25) is 11.8 Å². The van der Waals surface area contributed by atoms with Gasteiger partial charge in [0.05, 0.1) is 0 Å². The van der Waals surface area contributed by atoms with Crippen LogP contribution in [0.15, 0.2) is 0 Å².